The van der Waals surface area contributed by atoms with E-state index in [0.717, 1.165) is 42.9 Å². The highest BCUT2D eigenvalue weighted by molar-refractivity contribution is 5.94. The molecular formula is C28H32N2O. The Morgan fingerprint density at radius 2 is 1.68 bits per heavy atom. The lowest BCUT2D eigenvalue weighted by atomic mass is 9.89. The molecule has 31 heavy (non-hydrogen) atoms. The molecule has 0 bridgehead atoms. The van der Waals surface area contributed by atoms with Crippen molar-refractivity contribution in [1.82, 2.24) is 9.88 Å². The van der Waals surface area contributed by atoms with E-state index in [1.165, 1.54) is 48.2 Å². The largest absolute Gasteiger partial charge is 0.349 e. The van der Waals surface area contributed by atoms with Crippen LogP contribution in [0.3, 0.4) is 0 Å². The minimum atomic E-state index is 0.0603. The molecule has 2 aliphatic rings. The van der Waals surface area contributed by atoms with Crippen LogP contribution in [-0.4, -0.2) is 16.5 Å². The van der Waals surface area contributed by atoms with Crippen LogP contribution in [0.4, 0.5) is 0 Å². The van der Waals surface area contributed by atoms with Crippen LogP contribution in [0.5, 0.6) is 0 Å². The van der Waals surface area contributed by atoms with E-state index in [1.54, 1.807) is 0 Å². The lowest BCUT2D eigenvalue weighted by Gasteiger charge is -2.23. The van der Waals surface area contributed by atoms with E-state index < -0.39 is 0 Å². The van der Waals surface area contributed by atoms with Crippen molar-refractivity contribution < 1.29 is 4.79 Å². The first-order chi connectivity index (χ1) is 15.2. The first-order valence-corrected chi connectivity index (χ1v) is 11.9. The van der Waals surface area contributed by atoms with Crippen LogP contribution in [-0.2, 0) is 12.8 Å². The summed E-state index contributed by atoms with van der Waals surface area (Å²) in [5, 5.41) is 3.24. The van der Waals surface area contributed by atoms with Gasteiger partial charge in [-0.2, -0.15) is 0 Å². The third-order valence-corrected chi connectivity index (χ3v) is 7.03. The van der Waals surface area contributed by atoms with Crippen molar-refractivity contribution in [3.05, 3.63) is 77.5 Å². The van der Waals surface area contributed by atoms with Crippen LogP contribution in [0.1, 0.15) is 67.1 Å². The van der Waals surface area contributed by atoms with Gasteiger partial charge in [0.1, 0.15) is 0 Å². The Hall–Kier alpha value is -2.81. The van der Waals surface area contributed by atoms with Gasteiger partial charge in [-0.3, -0.25) is 4.79 Å². The van der Waals surface area contributed by atoms with Crippen molar-refractivity contribution in [3.63, 3.8) is 0 Å². The van der Waals surface area contributed by atoms with Crippen LogP contribution >= 0.6 is 0 Å². The third-order valence-electron chi connectivity index (χ3n) is 7.03. The number of fused-ring (bicyclic) bond motifs is 1. The van der Waals surface area contributed by atoms with Gasteiger partial charge in [0.15, 0.2) is 0 Å². The molecule has 0 radical (unpaired) electrons. The lowest BCUT2D eigenvalue weighted by Crippen LogP contribution is -2.36. The maximum atomic E-state index is 12.7. The van der Waals surface area contributed by atoms with Gasteiger partial charge in [0.2, 0.25) is 0 Å². The fourth-order valence-corrected chi connectivity index (χ4v) is 5.31. The van der Waals surface area contributed by atoms with Crippen LogP contribution in [0.2, 0.25) is 0 Å². The predicted molar refractivity (Wildman–Crippen MR) is 127 cm³/mol. The van der Waals surface area contributed by atoms with Gasteiger partial charge in [-0.05, 0) is 79.5 Å². The summed E-state index contributed by atoms with van der Waals surface area (Å²) in [6, 6.07) is 21.6. The van der Waals surface area contributed by atoms with Gasteiger partial charge in [-0.1, -0.05) is 56.5 Å². The van der Waals surface area contributed by atoms with Gasteiger partial charge in [-0.25, -0.2) is 0 Å². The zero-order chi connectivity index (χ0) is 21.2. The molecule has 0 unspecified atom stereocenters. The summed E-state index contributed by atoms with van der Waals surface area (Å²) in [6.45, 7) is 2.35. The number of rotatable bonds is 4. The topological polar surface area (TPSA) is 34.0 Å². The van der Waals surface area contributed by atoms with Gasteiger partial charge in [0, 0.05) is 23.0 Å². The Bertz CT molecular complexity index is 1040. The number of carbonyl (C=O) groups is 1. The Balaban J connectivity index is 1.46. The summed E-state index contributed by atoms with van der Waals surface area (Å²) >= 11 is 0. The van der Waals surface area contributed by atoms with Crippen molar-refractivity contribution in [1.29, 1.82) is 0 Å². The number of aromatic nitrogens is 1. The summed E-state index contributed by atoms with van der Waals surface area (Å²) in [6.07, 6.45) is 9.44. The van der Waals surface area contributed by atoms with E-state index in [0.29, 0.717) is 6.04 Å². The molecule has 0 spiro atoms. The predicted octanol–water partition coefficient (Wildman–Crippen LogP) is 6.33. The number of hydrogen-bond acceptors (Lipinski definition) is 1. The van der Waals surface area contributed by atoms with Gasteiger partial charge in [0.05, 0.1) is 5.69 Å². The fraction of sp³-hybridized carbons (Fsp3) is 0.393. The Kier molecular flexibility index (Phi) is 5.67. The summed E-state index contributed by atoms with van der Waals surface area (Å²) in [7, 11) is 0. The second kappa shape index (κ2) is 8.74. The summed E-state index contributed by atoms with van der Waals surface area (Å²) in [5.74, 6) is 0.794. The van der Waals surface area contributed by atoms with Crippen LogP contribution in [0, 0.1) is 5.92 Å². The van der Waals surface area contributed by atoms with Gasteiger partial charge < -0.3 is 9.88 Å². The minimum Gasteiger partial charge on any atom is -0.349 e. The molecule has 3 aromatic rings. The molecule has 5 rings (SSSR count). The number of hydrogen-bond donors (Lipinski definition) is 1. The summed E-state index contributed by atoms with van der Waals surface area (Å²) < 4.78 is 2.42. The van der Waals surface area contributed by atoms with E-state index in [4.69, 9.17) is 0 Å². The average molecular weight is 413 g/mol. The highest BCUT2D eigenvalue weighted by Gasteiger charge is 2.23. The van der Waals surface area contributed by atoms with Gasteiger partial charge in [-0.15, -0.1) is 0 Å². The number of benzene rings is 2. The Morgan fingerprint density at radius 3 is 2.42 bits per heavy atom. The van der Waals surface area contributed by atoms with E-state index >= 15 is 0 Å². The van der Waals surface area contributed by atoms with E-state index in [2.05, 4.69) is 65.3 Å². The van der Waals surface area contributed by atoms with Crippen molar-refractivity contribution in [2.75, 3.05) is 0 Å². The molecule has 1 N–H and O–H groups in total. The molecule has 3 heteroatoms. The minimum absolute atomic E-state index is 0.0603. The van der Waals surface area contributed by atoms with Gasteiger partial charge >= 0.3 is 0 Å². The normalized spacial score (nSPS) is 19.1. The van der Waals surface area contributed by atoms with E-state index in [-0.39, 0.29) is 5.91 Å². The summed E-state index contributed by atoms with van der Waals surface area (Å²) in [5.41, 5.74) is 7.28. The van der Waals surface area contributed by atoms with Gasteiger partial charge in [0.25, 0.3) is 5.91 Å². The quantitative estimate of drug-likeness (QED) is 0.534. The smallest absolute Gasteiger partial charge is 0.251 e. The first kappa shape index (κ1) is 20.1. The second-order valence-corrected chi connectivity index (χ2v) is 9.41. The Labute approximate surface area is 185 Å². The van der Waals surface area contributed by atoms with Crippen LogP contribution < -0.4 is 5.32 Å². The number of amides is 1. The average Bonchev–Trinajstić information content (AvgIpc) is 3.19. The molecule has 1 fully saturated rings. The van der Waals surface area contributed by atoms with Crippen molar-refractivity contribution in [2.24, 2.45) is 5.92 Å². The summed E-state index contributed by atoms with van der Waals surface area (Å²) in [4.78, 5) is 12.7. The van der Waals surface area contributed by atoms with Crippen molar-refractivity contribution in [3.8, 4) is 16.9 Å². The Morgan fingerprint density at radius 1 is 0.935 bits per heavy atom. The van der Waals surface area contributed by atoms with Crippen LogP contribution in [0.25, 0.3) is 16.9 Å². The SMILES string of the molecule is C[C@@H]1CCc2c(cc(-c3ccccc3)n2-c2ccc(C(=O)NC3CCCCC3)cc2)C1. The molecule has 0 saturated heterocycles. The fourth-order valence-electron chi connectivity index (χ4n) is 5.31. The zero-order valence-corrected chi connectivity index (χ0v) is 18.4. The van der Waals surface area contributed by atoms with Crippen molar-refractivity contribution in [2.45, 2.75) is 64.3 Å². The number of carbonyl (C=O) groups excluding carboxylic acids is 1. The van der Waals surface area contributed by atoms with Crippen molar-refractivity contribution >= 4 is 5.91 Å². The molecular weight excluding hydrogens is 380 g/mol. The highest BCUT2D eigenvalue weighted by Crippen LogP contribution is 2.35. The molecule has 1 atom stereocenters. The third kappa shape index (κ3) is 4.19. The molecule has 160 valence electrons. The van der Waals surface area contributed by atoms with E-state index in [1.807, 2.05) is 12.1 Å². The van der Waals surface area contributed by atoms with E-state index in [9.17, 15) is 4.79 Å². The van der Waals surface area contributed by atoms with Crippen LogP contribution in [0.15, 0.2) is 60.7 Å². The maximum Gasteiger partial charge on any atom is 0.251 e. The number of nitrogens with one attached hydrogen (secondary N) is 1. The molecule has 0 aliphatic heterocycles. The molecule has 1 saturated carbocycles. The lowest BCUT2D eigenvalue weighted by molar-refractivity contribution is 0.0927. The first-order valence-electron chi connectivity index (χ1n) is 11.9. The number of nitrogens with zero attached hydrogens (tertiary/aromatic N) is 1. The monoisotopic (exact) mass is 412 g/mol. The molecule has 1 amide bonds. The maximum absolute atomic E-state index is 12.7. The molecule has 2 aliphatic carbocycles. The standard InChI is InChI=1S/C28H32N2O/c1-20-12-17-26-23(18-20)19-27(21-8-4-2-5-9-21)30(26)25-15-13-22(14-16-25)28(31)29-24-10-6-3-7-11-24/h2,4-5,8-9,13-16,19-20,24H,3,6-7,10-12,17-18H2,1H3,(H,29,31)/t20-/m1/s1. The molecule has 2 aromatic carbocycles. The second-order valence-electron chi connectivity index (χ2n) is 9.41. The highest BCUT2D eigenvalue weighted by atomic mass is 16.1. The molecule has 1 aromatic heterocycles. The molecule has 3 nitrogen and oxygen atoms in total. The molecule has 1 heterocycles. The zero-order valence-electron chi connectivity index (χ0n) is 18.4.